The molecule has 3 aromatic carbocycles. The van der Waals surface area contributed by atoms with Crippen LogP contribution in [0.1, 0.15) is 11.3 Å². The molecule has 0 saturated heterocycles. The van der Waals surface area contributed by atoms with Gasteiger partial charge in [-0.3, -0.25) is 4.99 Å². The van der Waals surface area contributed by atoms with Crippen LogP contribution in [0.15, 0.2) is 82.2 Å². The number of thiazole rings is 1. The molecule has 2 heterocycles. The molecule has 3 nitrogen and oxygen atoms in total. The van der Waals surface area contributed by atoms with E-state index in [1.54, 1.807) is 29.7 Å². The summed E-state index contributed by atoms with van der Waals surface area (Å²) in [6, 6.07) is 23.6. The molecule has 0 aliphatic rings. The highest BCUT2D eigenvalue weighted by Crippen LogP contribution is 2.32. The highest BCUT2D eigenvalue weighted by atomic mass is 35.5. The zero-order chi connectivity index (χ0) is 21.4. The lowest BCUT2D eigenvalue weighted by Crippen LogP contribution is -1.78. The monoisotopic (exact) mass is 462 g/mol. The molecular formula is C25H16Cl2N2OS. The van der Waals surface area contributed by atoms with Crippen LogP contribution in [0.5, 0.6) is 0 Å². The molecule has 31 heavy (non-hydrogen) atoms. The third kappa shape index (κ3) is 4.28. The Labute approximate surface area is 193 Å². The summed E-state index contributed by atoms with van der Waals surface area (Å²) in [5, 5.41) is 2.02. The van der Waals surface area contributed by atoms with Gasteiger partial charge in [0, 0.05) is 11.1 Å². The summed E-state index contributed by atoms with van der Waals surface area (Å²) in [7, 11) is 0. The quantitative estimate of drug-likeness (QED) is 0.250. The molecule has 152 valence electrons. The lowest BCUT2D eigenvalue weighted by Gasteiger charge is -1.99. The van der Waals surface area contributed by atoms with Gasteiger partial charge in [0.05, 0.1) is 32.2 Å². The molecule has 0 fully saturated rings. The second-order valence-electron chi connectivity index (χ2n) is 7.13. The first-order valence-electron chi connectivity index (χ1n) is 9.62. The van der Waals surface area contributed by atoms with E-state index >= 15 is 0 Å². The predicted molar refractivity (Wildman–Crippen MR) is 131 cm³/mol. The van der Waals surface area contributed by atoms with Crippen LogP contribution in [-0.2, 0) is 0 Å². The molecule has 0 aliphatic heterocycles. The SMILES string of the molecule is Cc1ccc2sc(-c3ccc(N=Cc4ccc(-c5ccc(Cl)c(Cl)c5)o4)cc3)nc2c1. The van der Waals surface area contributed by atoms with E-state index in [2.05, 4.69) is 30.1 Å². The Morgan fingerprint density at radius 3 is 2.48 bits per heavy atom. The van der Waals surface area contributed by atoms with Crippen molar-refractivity contribution in [2.75, 3.05) is 0 Å². The molecule has 0 unspecified atom stereocenters. The van der Waals surface area contributed by atoms with Gasteiger partial charge >= 0.3 is 0 Å². The zero-order valence-corrected chi connectivity index (χ0v) is 18.8. The van der Waals surface area contributed by atoms with Crippen LogP contribution in [0.4, 0.5) is 5.69 Å². The van der Waals surface area contributed by atoms with Gasteiger partial charge in [0.1, 0.15) is 16.5 Å². The third-order valence-corrected chi connectivity index (χ3v) is 6.65. The molecule has 5 rings (SSSR count). The van der Waals surface area contributed by atoms with Crippen LogP contribution in [-0.4, -0.2) is 11.2 Å². The van der Waals surface area contributed by atoms with Crippen LogP contribution < -0.4 is 0 Å². The van der Waals surface area contributed by atoms with Crippen LogP contribution in [0, 0.1) is 6.92 Å². The summed E-state index contributed by atoms with van der Waals surface area (Å²) in [4.78, 5) is 9.28. The maximum atomic E-state index is 6.09. The van der Waals surface area contributed by atoms with Crippen molar-refractivity contribution in [1.29, 1.82) is 0 Å². The Kier molecular flexibility index (Phi) is 5.36. The number of aromatic nitrogens is 1. The van der Waals surface area contributed by atoms with Crippen molar-refractivity contribution in [1.82, 2.24) is 4.98 Å². The molecular weight excluding hydrogens is 447 g/mol. The van der Waals surface area contributed by atoms with E-state index in [-0.39, 0.29) is 0 Å². The molecule has 2 aromatic heterocycles. The van der Waals surface area contributed by atoms with Gasteiger partial charge in [0.25, 0.3) is 0 Å². The average Bonchev–Trinajstić information content (AvgIpc) is 3.41. The second kappa shape index (κ2) is 8.31. The minimum atomic E-state index is 0.495. The summed E-state index contributed by atoms with van der Waals surface area (Å²) in [6.45, 7) is 2.08. The van der Waals surface area contributed by atoms with Crippen LogP contribution in [0.2, 0.25) is 10.0 Å². The maximum absolute atomic E-state index is 6.09. The lowest BCUT2D eigenvalue weighted by atomic mass is 10.2. The summed E-state index contributed by atoms with van der Waals surface area (Å²) >= 11 is 13.8. The number of aryl methyl sites for hydroxylation is 1. The van der Waals surface area contributed by atoms with Gasteiger partial charge < -0.3 is 4.42 Å². The van der Waals surface area contributed by atoms with Crippen molar-refractivity contribution in [2.24, 2.45) is 4.99 Å². The molecule has 0 spiro atoms. The lowest BCUT2D eigenvalue weighted by molar-refractivity contribution is 0.575. The molecule has 0 saturated carbocycles. The Morgan fingerprint density at radius 1 is 0.871 bits per heavy atom. The van der Waals surface area contributed by atoms with Gasteiger partial charge in [-0.05, 0) is 79.2 Å². The van der Waals surface area contributed by atoms with Gasteiger partial charge in [0.2, 0.25) is 0 Å². The number of rotatable bonds is 4. The van der Waals surface area contributed by atoms with Crippen molar-refractivity contribution in [3.63, 3.8) is 0 Å². The van der Waals surface area contributed by atoms with E-state index in [1.165, 1.54) is 10.3 Å². The first kappa shape index (κ1) is 20.0. The number of hydrogen-bond acceptors (Lipinski definition) is 4. The highest BCUT2D eigenvalue weighted by molar-refractivity contribution is 7.21. The normalized spacial score (nSPS) is 11.6. The smallest absolute Gasteiger partial charge is 0.145 e. The number of nitrogens with zero attached hydrogens (tertiary/aromatic N) is 2. The van der Waals surface area contributed by atoms with Gasteiger partial charge in [0.15, 0.2) is 0 Å². The summed E-state index contributed by atoms with van der Waals surface area (Å²) < 4.78 is 7.06. The fourth-order valence-electron chi connectivity index (χ4n) is 3.22. The predicted octanol–water partition coefficient (Wildman–Crippen LogP) is 8.59. The molecule has 0 N–H and O–H groups in total. The Hall–Kier alpha value is -2.92. The fraction of sp³-hybridized carbons (Fsp3) is 0.0400. The number of aliphatic imine (C=N–C) groups is 1. The van der Waals surface area contributed by atoms with Crippen molar-refractivity contribution >= 4 is 56.7 Å². The molecule has 6 heteroatoms. The highest BCUT2D eigenvalue weighted by Gasteiger charge is 2.08. The van der Waals surface area contributed by atoms with E-state index in [9.17, 15) is 0 Å². The second-order valence-corrected chi connectivity index (χ2v) is 8.97. The molecule has 0 aliphatic carbocycles. The summed E-state index contributed by atoms with van der Waals surface area (Å²) in [6.07, 6.45) is 1.70. The van der Waals surface area contributed by atoms with Crippen LogP contribution in [0.3, 0.4) is 0 Å². The van der Waals surface area contributed by atoms with Crippen molar-refractivity contribution < 1.29 is 4.42 Å². The Bertz CT molecular complexity index is 1420. The third-order valence-electron chi connectivity index (χ3n) is 4.83. The standard InChI is InChI=1S/C25H16Cl2N2OS/c1-15-2-11-24-22(12-15)29-25(31-24)16-3-6-18(7-4-16)28-14-19-8-10-23(30-19)17-5-9-20(26)21(27)13-17/h2-14H,1H3. The molecule has 0 radical (unpaired) electrons. The van der Waals surface area contributed by atoms with Gasteiger partial charge in [-0.15, -0.1) is 11.3 Å². The van der Waals surface area contributed by atoms with Gasteiger partial charge in [-0.25, -0.2) is 4.98 Å². The molecule has 0 amide bonds. The van der Waals surface area contributed by atoms with E-state index in [0.717, 1.165) is 27.3 Å². The Balaban J connectivity index is 1.33. The molecule has 0 atom stereocenters. The average molecular weight is 463 g/mol. The van der Waals surface area contributed by atoms with E-state index < -0.39 is 0 Å². The van der Waals surface area contributed by atoms with E-state index in [4.69, 9.17) is 32.6 Å². The minimum absolute atomic E-state index is 0.495. The number of furan rings is 1. The maximum Gasteiger partial charge on any atom is 0.145 e. The molecule has 5 aromatic rings. The zero-order valence-electron chi connectivity index (χ0n) is 16.5. The minimum Gasteiger partial charge on any atom is -0.455 e. The van der Waals surface area contributed by atoms with Crippen molar-refractivity contribution in [3.8, 4) is 21.9 Å². The van der Waals surface area contributed by atoms with Crippen LogP contribution in [0.25, 0.3) is 32.1 Å². The largest absolute Gasteiger partial charge is 0.455 e. The van der Waals surface area contributed by atoms with Crippen molar-refractivity contribution in [2.45, 2.75) is 6.92 Å². The Morgan fingerprint density at radius 2 is 1.68 bits per heavy atom. The fourth-order valence-corrected chi connectivity index (χ4v) is 4.47. The summed E-state index contributed by atoms with van der Waals surface area (Å²) in [5.74, 6) is 1.37. The van der Waals surface area contributed by atoms with E-state index in [0.29, 0.717) is 21.6 Å². The topological polar surface area (TPSA) is 38.4 Å². The summed E-state index contributed by atoms with van der Waals surface area (Å²) in [5.41, 5.74) is 5.04. The van der Waals surface area contributed by atoms with Gasteiger partial charge in [-0.1, -0.05) is 29.3 Å². The van der Waals surface area contributed by atoms with Gasteiger partial charge in [-0.2, -0.15) is 0 Å². The van der Waals surface area contributed by atoms with Crippen molar-refractivity contribution in [3.05, 3.63) is 94.2 Å². The number of fused-ring (bicyclic) bond motifs is 1. The molecule has 0 bridgehead atoms. The number of halogens is 2. The number of hydrogen-bond donors (Lipinski definition) is 0. The number of benzene rings is 3. The van der Waals surface area contributed by atoms with Crippen LogP contribution >= 0.6 is 34.5 Å². The first-order valence-corrected chi connectivity index (χ1v) is 11.2. The first-order chi connectivity index (χ1) is 15.0. The van der Waals surface area contributed by atoms with E-state index in [1.807, 2.05) is 42.5 Å².